The Morgan fingerprint density at radius 3 is 2.62 bits per heavy atom. The van der Waals surface area contributed by atoms with Gasteiger partial charge in [0.2, 0.25) is 0 Å². The molecule has 0 saturated carbocycles. The predicted molar refractivity (Wildman–Crippen MR) is 94.7 cm³/mol. The van der Waals surface area contributed by atoms with Crippen molar-refractivity contribution in [2.45, 2.75) is 13.1 Å². The highest BCUT2D eigenvalue weighted by Crippen LogP contribution is 2.25. The molecule has 108 valence electrons. The van der Waals surface area contributed by atoms with Crippen LogP contribution in [0.1, 0.15) is 10.6 Å². The first-order chi connectivity index (χ1) is 10.2. The van der Waals surface area contributed by atoms with Crippen LogP contribution in [0.15, 0.2) is 51.6 Å². The maximum absolute atomic E-state index is 4.74. The Morgan fingerprint density at radius 2 is 1.90 bits per heavy atom. The summed E-state index contributed by atoms with van der Waals surface area (Å²) in [5, 5.41) is 3.25. The molecule has 0 aliphatic carbocycles. The second-order valence-corrected chi connectivity index (χ2v) is 8.29. The molecule has 3 aromatic rings. The molecule has 0 amide bonds. The van der Waals surface area contributed by atoms with Gasteiger partial charge in [0.05, 0.1) is 9.48 Å². The van der Waals surface area contributed by atoms with Crippen molar-refractivity contribution < 1.29 is 0 Å². The first kappa shape index (κ1) is 14.9. The second-order valence-electron chi connectivity index (χ2n) is 4.89. The summed E-state index contributed by atoms with van der Waals surface area (Å²) >= 11 is 7.01. The normalized spacial score (nSPS) is 11.2. The lowest BCUT2D eigenvalue weighted by Gasteiger charge is -2.13. The number of hydrogen-bond acceptors (Lipinski definition) is 4. The first-order valence-corrected chi connectivity index (χ1v) is 9.12. The van der Waals surface area contributed by atoms with Crippen molar-refractivity contribution in [3.8, 4) is 10.6 Å². The van der Waals surface area contributed by atoms with E-state index in [1.165, 1.54) is 14.2 Å². The highest BCUT2D eigenvalue weighted by molar-refractivity contribution is 9.11. The van der Waals surface area contributed by atoms with Crippen LogP contribution in [0.3, 0.4) is 0 Å². The fourth-order valence-corrected chi connectivity index (χ4v) is 4.51. The van der Waals surface area contributed by atoms with Crippen LogP contribution in [-0.2, 0) is 13.1 Å². The van der Waals surface area contributed by atoms with E-state index in [0.717, 1.165) is 23.8 Å². The van der Waals surface area contributed by atoms with E-state index < -0.39 is 0 Å². The summed E-state index contributed by atoms with van der Waals surface area (Å²) in [5.74, 6) is 0. The molecule has 0 fully saturated rings. The van der Waals surface area contributed by atoms with Gasteiger partial charge in [-0.15, -0.1) is 22.7 Å². The Bertz CT molecular complexity index is 706. The number of benzene rings is 1. The minimum Gasteiger partial charge on any atom is -0.295 e. The van der Waals surface area contributed by atoms with Gasteiger partial charge < -0.3 is 0 Å². The smallest absolute Gasteiger partial charge is 0.123 e. The molecule has 2 nitrogen and oxygen atoms in total. The Hall–Kier alpha value is -1.01. The van der Waals surface area contributed by atoms with Crippen molar-refractivity contribution in [2.24, 2.45) is 0 Å². The largest absolute Gasteiger partial charge is 0.295 e. The molecule has 0 radical (unpaired) electrons. The average Bonchev–Trinajstić information content (AvgIpc) is 3.09. The van der Waals surface area contributed by atoms with Crippen LogP contribution < -0.4 is 0 Å². The number of halogens is 1. The quantitative estimate of drug-likeness (QED) is 0.601. The molecule has 0 saturated heterocycles. The van der Waals surface area contributed by atoms with Crippen LogP contribution in [0, 0.1) is 0 Å². The Kier molecular flexibility index (Phi) is 4.85. The standard InChI is InChI=1S/C16H15BrN2S2/c1-19(10-14-7-8-15(17)21-14)9-13-11-20-16(18-13)12-5-3-2-4-6-12/h2-8,11H,9-10H2,1H3. The molecular weight excluding hydrogens is 364 g/mol. The summed E-state index contributed by atoms with van der Waals surface area (Å²) in [5.41, 5.74) is 2.33. The van der Waals surface area contributed by atoms with Crippen LogP contribution in [-0.4, -0.2) is 16.9 Å². The first-order valence-electron chi connectivity index (χ1n) is 6.63. The summed E-state index contributed by atoms with van der Waals surface area (Å²) in [6.45, 7) is 1.83. The van der Waals surface area contributed by atoms with E-state index >= 15 is 0 Å². The lowest BCUT2D eigenvalue weighted by atomic mass is 10.2. The van der Waals surface area contributed by atoms with Gasteiger partial charge in [-0.25, -0.2) is 4.98 Å². The minimum absolute atomic E-state index is 0.874. The number of thiophene rings is 1. The Morgan fingerprint density at radius 1 is 1.10 bits per heavy atom. The third-order valence-electron chi connectivity index (χ3n) is 3.06. The van der Waals surface area contributed by atoms with Crippen molar-refractivity contribution in [3.63, 3.8) is 0 Å². The molecule has 0 unspecified atom stereocenters. The lowest BCUT2D eigenvalue weighted by Crippen LogP contribution is -2.16. The maximum Gasteiger partial charge on any atom is 0.123 e. The molecule has 0 aliphatic rings. The van der Waals surface area contributed by atoms with Crippen molar-refractivity contribution in [1.29, 1.82) is 0 Å². The van der Waals surface area contributed by atoms with Gasteiger partial charge in [0.15, 0.2) is 0 Å². The zero-order valence-electron chi connectivity index (χ0n) is 11.6. The van der Waals surface area contributed by atoms with Gasteiger partial charge in [-0.3, -0.25) is 4.90 Å². The van der Waals surface area contributed by atoms with Gasteiger partial charge >= 0.3 is 0 Å². The third-order valence-corrected chi connectivity index (χ3v) is 5.61. The minimum atomic E-state index is 0.874. The lowest BCUT2D eigenvalue weighted by molar-refractivity contribution is 0.319. The van der Waals surface area contributed by atoms with Gasteiger partial charge in [0.25, 0.3) is 0 Å². The molecule has 21 heavy (non-hydrogen) atoms. The monoisotopic (exact) mass is 378 g/mol. The van der Waals surface area contributed by atoms with Crippen LogP contribution >= 0.6 is 38.6 Å². The topological polar surface area (TPSA) is 16.1 Å². The Balaban J connectivity index is 1.64. The maximum atomic E-state index is 4.74. The highest BCUT2D eigenvalue weighted by atomic mass is 79.9. The molecule has 2 aromatic heterocycles. The van der Waals surface area contributed by atoms with Crippen molar-refractivity contribution >= 4 is 38.6 Å². The van der Waals surface area contributed by atoms with E-state index in [-0.39, 0.29) is 0 Å². The summed E-state index contributed by atoms with van der Waals surface area (Å²) in [6.07, 6.45) is 0. The Labute approximate surface area is 141 Å². The van der Waals surface area contributed by atoms with Crippen molar-refractivity contribution in [1.82, 2.24) is 9.88 Å². The van der Waals surface area contributed by atoms with Gasteiger partial charge in [0, 0.05) is 28.9 Å². The molecule has 0 N–H and O–H groups in total. The van der Waals surface area contributed by atoms with E-state index in [1.54, 1.807) is 22.7 Å². The molecule has 2 heterocycles. The van der Waals surface area contributed by atoms with Gasteiger partial charge in [-0.05, 0) is 35.1 Å². The summed E-state index contributed by atoms with van der Waals surface area (Å²) < 4.78 is 1.19. The van der Waals surface area contributed by atoms with Gasteiger partial charge in [-0.1, -0.05) is 30.3 Å². The van der Waals surface area contributed by atoms with E-state index in [9.17, 15) is 0 Å². The fraction of sp³-hybridized carbons (Fsp3) is 0.188. The number of aromatic nitrogens is 1. The van der Waals surface area contributed by atoms with Crippen molar-refractivity contribution in [2.75, 3.05) is 7.05 Å². The van der Waals surface area contributed by atoms with E-state index in [2.05, 4.69) is 69.7 Å². The zero-order chi connectivity index (χ0) is 14.7. The molecule has 0 atom stereocenters. The molecule has 5 heteroatoms. The molecule has 0 bridgehead atoms. The molecular formula is C16H15BrN2S2. The number of hydrogen-bond donors (Lipinski definition) is 0. The number of nitrogens with zero attached hydrogens (tertiary/aromatic N) is 2. The van der Waals surface area contributed by atoms with Crippen molar-refractivity contribution in [3.05, 3.63) is 62.2 Å². The fourth-order valence-electron chi connectivity index (χ4n) is 2.13. The SMILES string of the molecule is CN(Cc1csc(-c2ccccc2)n1)Cc1ccc(Br)s1. The molecule has 1 aromatic carbocycles. The van der Waals surface area contributed by atoms with Crippen LogP contribution in [0.4, 0.5) is 0 Å². The average molecular weight is 379 g/mol. The third kappa shape index (κ3) is 4.01. The number of rotatable bonds is 5. The zero-order valence-corrected chi connectivity index (χ0v) is 14.8. The van der Waals surface area contributed by atoms with E-state index in [0.29, 0.717) is 0 Å². The van der Waals surface area contributed by atoms with Crippen LogP contribution in [0.25, 0.3) is 10.6 Å². The number of thiazole rings is 1. The van der Waals surface area contributed by atoms with Gasteiger partial charge in [-0.2, -0.15) is 0 Å². The van der Waals surface area contributed by atoms with Crippen LogP contribution in [0.2, 0.25) is 0 Å². The molecule has 0 spiro atoms. The summed E-state index contributed by atoms with van der Waals surface area (Å²) in [7, 11) is 2.13. The predicted octanol–water partition coefficient (Wildman–Crippen LogP) is 5.27. The second kappa shape index (κ2) is 6.83. The summed E-state index contributed by atoms with van der Waals surface area (Å²) in [4.78, 5) is 8.40. The van der Waals surface area contributed by atoms with Gasteiger partial charge in [0.1, 0.15) is 5.01 Å². The molecule has 3 rings (SSSR count). The molecule has 0 aliphatic heterocycles. The highest BCUT2D eigenvalue weighted by Gasteiger charge is 2.08. The van der Waals surface area contributed by atoms with E-state index in [1.807, 2.05) is 6.07 Å². The van der Waals surface area contributed by atoms with Crippen LogP contribution in [0.5, 0.6) is 0 Å². The summed E-state index contributed by atoms with van der Waals surface area (Å²) in [6, 6.07) is 14.6. The van der Waals surface area contributed by atoms with E-state index in [4.69, 9.17) is 4.98 Å².